The molecule has 5 heteroatoms. The molecule has 2 aliphatic carbocycles. The average molecular weight is 418 g/mol. The number of aryl methyl sites for hydroxylation is 1. The highest BCUT2D eigenvalue weighted by Crippen LogP contribution is 2.42. The molecular formula is C26H31N3O2. The Morgan fingerprint density at radius 3 is 2.61 bits per heavy atom. The van der Waals surface area contributed by atoms with E-state index in [-0.39, 0.29) is 11.8 Å². The summed E-state index contributed by atoms with van der Waals surface area (Å²) in [7, 11) is 0. The Morgan fingerprint density at radius 2 is 1.87 bits per heavy atom. The van der Waals surface area contributed by atoms with Gasteiger partial charge in [0.15, 0.2) is 0 Å². The van der Waals surface area contributed by atoms with Gasteiger partial charge in [0.2, 0.25) is 5.91 Å². The van der Waals surface area contributed by atoms with Gasteiger partial charge in [0.1, 0.15) is 0 Å². The zero-order valence-corrected chi connectivity index (χ0v) is 18.2. The van der Waals surface area contributed by atoms with E-state index >= 15 is 0 Å². The standard InChI is InChI=1S/C26H31N3O2/c1-17(30)29-12-2-3-19-6-7-21(13-22(19)16-29)26(31)28-23-10-8-20(9-11-23)24-14-25(24)27-15-18-4-5-18/h6-11,13,18,24-25,27H,2-5,12,14-16H2,1H3,(H,28,31)/t24-,25+/m0/s1. The summed E-state index contributed by atoms with van der Waals surface area (Å²) in [6.07, 6.45) is 5.89. The van der Waals surface area contributed by atoms with Gasteiger partial charge in [0.05, 0.1) is 0 Å². The molecule has 1 aliphatic heterocycles. The minimum atomic E-state index is -0.107. The minimum absolute atomic E-state index is 0.0865. The summed E-state index contributed by atoms with van der Waals surface area (Å²) >= 11 is 0. The molecule has 1 heterocycles. The van der Waals surface area contributed by atoms with E-state index in [1.54, 1.807) is 6.92 Å². The summed E-state index contributed by atoms with van der Waals surface area (Å²) in [6.45, 7) is 4.13. The van der Waals surface area contributed by atoms with Crippen molar-refractivity contribution in [3.63, 3.8) is 0 Å². The van der Waals surface area contributed by atoms with Crippen molar-refractivity contribution < 1.29 is 9.59 Å². The first-order valence-corrected chi connectivity index (χ1v) is 11.6. The molecule has 0 unspecified atom stereocenters. The van der Waals surface area contributed by atoms with Crippen LogP contribution >= 0.6 is 0 Å². The molecule has 5 rings (SSSR count). The Hall–Kier alpha value is -2.66. The van der Waals surface area contributed by atoms with E-state index in [9.17, 15) is 9.59 Å². The molecule has 0 spiro atoms. The van der Waals surface area contributed by atoms with Crippen molar-refractivity contribution in [3.8, 4) is 0 Å². The van der Waals surface area contributed by atoms with Gasteiger partial charge in [-0.05, 0) is 85.5 Å². The molecule has 2 aromatic carbocycles. The summed E-state index contributed by atoms with van der Waals surface area (Å²) in [5.41, 5.74) is 5.12. The lowest BCUT2D eigenvalue weighted by Crippen LogP contribution is -2.28. The number of hydrogen-bond acceptors (Lipinski definition) is 3. The monoisotopic (exact) mass is 417 g/mol. The SMILES string of the molecule is CC(=O)N1CCCc2ccc(C(=O)Nc3ccc([C@@H]4C[C@H]4NCC4CC4)cc3)cc2C1. The van der Waals surface area contributed by atoms with Crippen LogP contribution in [0.4, 0.5) is 5.69 Å². The number of amides is 2. The van der Waals surface area contributed by atoms with E-state index < -0.39 is 0 Å². The molecule has 5 nitrogen and oxygen atoms in total. The van der Waals surface area contributed by atoms with Crippen LogP contribution in [0.5, 0.6) is 0 Å². The van der Waals surface area contributed by atoms with Crippen LogP contribution in [-0.4, -0.2) is 35.8 Å². The highest BCUT2D eigenvalue weighted by atomic mass is 16.2. The van der Waals surface area contributed by atoms with Crippen LogP contribution in [0.3, 0.4) is 0 Å². The first-order valence-electron chi connectivity index (χ1n) is 11.6. The van der Waals surface area contributed by atoms with Crippen LogP contribution < -0.4 is 10.6 Å². The molecular weight excluding hydrogens is 386 g/mol. The number of rotatable bonds is 6. The fourth-order valence-electron chi connectivity index (χ4n) is 4.62. The van der Waals surface area contributed by atoms with Crippen molar-refractivity contribution in [2.24, 2.45) is 5.92 Å². The molecule has 2 fully saturated rings. The summed E-state index contributed by atoms with van der Waals surface area (Å²) in [6, 6.07) is 14.8. The van der Waals surface area contributed by atoms with Gasteiger partial charge in [-0.3, -0.25) is 9.59 Å². The van der Waals surface area contributed by atoms with Gasteiger partial charge in [-0.15, -0.1) is 0 Å². The van der Waals surface area contributed by atoms with Crippen LogP contribution in [0, 0.1) is 5.92 Å². The summed E-state index contributed by atoms with van der Waals surface area (Å²) < 4.78 is 0. The largest absolute Gasteiger partial charge is 0.339 e. The van der Waals surface area contributed by atoms with Gasteiger partial charge in [-0.1, -0.05) is 18.2 Å². The number of nitrogens with one attached hydrogen (secondary N) is 2. The fourth-order valence-corrected chi connectivity index (χ4v) is 4.62. The predicted octanol–water partition coefficient (Wildman–Crippen LogP) is 4.09. The highest BCUT2D eigenvalue weighted by molar-refractivity contribution is 6.04. The summed E-state index contributed by atoms with van der Waals surface area (Å²) in [5, 5.41) is 6.71. The molecule has 0 aromatic heterocycles. The zero-order chi connectivity index (χ0) is 21.4. The number of hydrogen-bond donors (Lipinski definition) is 2. The maximum absolute atomic E-state index is 12.8. The maximum atomic E-state index is 12.8. The lowest BCUT2D eigenvalue weighted by molar-refractivity contribution is -0.129. The van der Waals surface area contributed by atoms with E-state index in [0.717, 1.165) is 36.6 Å². The highest BCUT2D eigenvalue weighted by Gasteiger charge is 2.38. The van der Waals surface area contributed by atoms with Crippen LogP contribution in [-0.2, 0) is 17.8 Å². The van der Waals surface area contributed by atoms with Gasteiger partial charge in [-0.2, -0.15) is 0 Å². The third kappa shape index (κ3) is 4.82. The number of carbonyl (C=O) groups is 2. The molecule has 3 aliphatic rings. The third-order valence-corrected chi connectivity index (χ3v) is 6.90. The number of fused-ring (bicyclic) bond motifs is 1. The van der Waals surface area contributed by atoms with Gasteiger partial charge < -0.3 is 15.5 Å². The van der Waals surface area contributed by atoms with Crippen molar-refractivity contribution in [2.45, 2.75) is 57.5 Å². The van der Waals surface area contributed by atoms with Gasteiger partial charge in [-0.25, -0.2) is 0 Å². The fraction of sp³-hybridized carbons (Fsp3) is 0.462. The lowest BCUT2D eigenvalue weighted by Gasteiger charge is -2.19. The van der Waals surface area contributed by atoms with E-state index in [1.165, 1.54) is 36.9 Å². The Bertz CT molecular complexity index is 981. The Kier molecular flexibility index (Phi) is 5.53. The first kappa shape index (κ1) is 20.3. The average Bonchev–Trinajstić information content (AvgIpc) is 3.66. The molecule has 0 saturated heterocycles. The smallest absolute Gasteiger partial charge is 0.255 e. The molecule has 0 bridgehead atoms. The van der Waals surface area contributed by atoms with Crippen molar-refractivity contribution in [1.82, 2.24) is 10.2 Å². The number of carbonyl (C=O) groups excluding carboxylic acids is 2. The molecule has 2 aromatic rings. The Labute approximate surface area is 184 Å². The number of benzene rings is 2. The normalized spacial score (nSPS) is 22.4. The number of anilines is 1. The molecule has 2 atom stereocenters. The lowest BCUT2D eigenvalue weighted by atomic mass is 10.0. The van der Waals surface area contributed by atoms with E-state index in [2.05, 4.69) is 22.8 Å². The zero-order valence-electron chi connectivity index (χ0n) is 18.2. The molecule has 2 amide bonds. The van der Waals surface area contributed by atoms with E-state index in [4.69, 9.17) is 0 Å². The minimum Gasteiger partial charge on any atom is -0.339 e. The van der Waals surface area contributed by atoms with Gasteiger partial charge >= 0.3 is 0 Å². The third-order valence-electron chi connectivity index (χ3n) is 6.90. The van der Waals surface area contributed by atoms with Gasteiger partial charge in [0.25, 0.3) is 5.91 Å². The Balaban J connectivity index is 1.21. The number of nitrogens with zero attached hydrogens (tertiary/aromatic N) is 1. The van der Waals surface area contributed by atoms with Crippen LogP contribution in [0.25, 0.3) is 0 Å². The quantitative estimate of drug-likeness (QED) is 0.744. The second-order valence-electron chi connectivity index (χ2n) is 9.40. The van der Waals surface area contributed by atoms with Crippen molar-refractivity contribution in [1.29, 1.82) is 0 Å². The maximum Gasteiger partial charge on any atom is 0.255 e. The van der Waals surface area contributed by atoms with E-state index in [0.29, 0.717) is 24.1 Å². The molecule has 162 valence electrons. The van der Waals surface area contributed by atoms with Crippen LogP contribution in [0.1, 0.15) is 65.6 Å². The molecule has 2 saturated carbocycles. The summed E-state index contributed by atoms with van der Waals surface area (Å²) in [5.74, 6) is 1.50. The Morgan fingerprint density at radius 1 is 1.06 bits per heavy atom. The summed E-state index contributed by atoms with van der Waals surface area (Å²) in [4.78, 5) is 26.5. The van der Waals surface area contributed by atoms with Crippen molar-refractivity contribution >= 4 is 17.5 Å². The van der Waals surface area contributed by atoms with Crippen molar-refractivity contribution in [2.75, 3.05) is 18.4 Å². The first-order chi connectivity index (χ1) is 15.1. The predicted molar refractivity (Wildman–Crippen MR) is 122 cm³/mol. The van der Waals surface area contributed by atoms with Gasteiger partial charge in [0, 0.05) is 43.2 Å². The van der Waals surface area contributed by atoms with Crippen molar-refractivity contribution in [3.05, 3.63) is 64.7 Å². The topological polar surface area (TPSA) is 61.4 Å². The van der Waals surface area contributed by atoms with Crippen LogP contribution in [0.15, 0.2) is 42.5 Å². The van der Waals surface area contributed by atoms with E-state index in [1.807, 2.05) is 35.2 Å². The molecule has 31 heavy (non-hydrogen) atoms. The van der Waals surface area contributed by atoms with Crippen LogP contribution in [0.2, 0.25) is 0 Å². The second kappa shape index (κ2) is 8.46. The second-order valence-corrected chi connectivity index (χ2v) is 9.40. The molecule has 0 radical (unpaired) electrons. The molecule has 2 N–H and O–H groups in total.